The van der Waals surface area contributed by atoms with Crippen LogP contribution in [-0.4, -0.2) is 23.0 Å². The molecule has 4 rings (SSSR count). The van der Waals surface area contributed by atoms with Crippen LogP contribution in [0.4, 0.5) is 5.82 Å². The number of aromatic nitrogens is 3. The molecule has 27 heavy (non-hydrogen) atoms. The number of nitrogens with one attached hydrogen (secondary N) is 1. The van der Waals surface area contributed by atoms with Crippen LogP contribution in [0.3, 0.4) is 0 Å². The molecular formula is C19H17N5O2S. The SMILES string of the molecule is NS(=O)(=O)c1ccc(CNc2cc(-c3ccccc3)nc3ccnn23)cc1. The van der Waals surface area contributed by atoms with Crippen molar-refractivity contribution in [1.82, 2.24) is 14.6 Å². The van der Waals surface area contributed by atoms with Crippen LogP contribution >= 0.6 is 0 Å². The van der Waals surface area contributed by atoms with Crippen LogP contribution in [0.25, 0.3) is 16.9 Å². The van der Waals surface area contributed by atoms with E-state index in [1.54, 1.807) is 22.8 Å². The van der Waals surface area contributed by atoms with Crippen molar-refractivity contribution in [3.63, 3.8) is 0 Å². The number of hydrogen-bond donors (Lipinski definition) is 2. The normalized spacial score (nSPS) is 11.6. The fourth-order valence-electron chi connectivity index (χ4n) is 2.79. The number of primary sulfonamides is 1. The summed E-state index contributed by atoms with van der Waals surface area (Å²) in [5.74, 6) is 0.791. The van der Waals surface area contributed by atoms with Crippen molar-refractivity contribution in [2.45, 2.75) is 11.4 Å². The Bertz CT molecular complexity index is 1190. The Morgan fingerprint density at radius 3 is 2.44 bits per heavy atom. The Morgan fingerprint density at radius 2 is 1.74 bits per heavy atom. The van der Waals surface area contributed by atoms with Crippen molar-refractivity contribution in [1.29, 1.82) is 0 Å². The van der Waals surface area contributed by atoms with Crippen molar-refractivity contribution in [2.24, 2.45) is 5.14 Å². The molecule has 0 amide bonds. The summed E-state index contributed by atoms with van der Waals surface area (Å²) in [4.78, 5) is 4.73. The summed E-state index contributed by atoms with van der Waals surface area (Å²) in [5.41, 5.74) is 3.52. The summed E-state index contributed by atoms with van der Waals surface area (Å²) in [7, 11) is -3.69. The summed E-state index contributed by atoms with van der Waals surface area (Å²) in [6.45, 7) is 0.498. The van der Waals surface area contributed by atoms with E-state index in [4.69, 9.17) is 5.14 Å². The van der Waals surface area contributed by atoms with Gasteiger partial charge in [-0.1, -0.05) is 42.5 Å². The monoisotopic (exact) mass is 379 g/mol. The average Bonchev–Trinajstić information content (AvgIpc) is 3.15. The van der Waals surface area contributed by atoms with Gasteiger partial charge in [-0.3, -0.25) is 0 Å². The standard InChI is InChI=1S/C19H17N5O2S/c20-27(25,26)16-8-6-14(7-9-16)13-21-19-12-17(15-4-2-1-3-5-15)23-18-10-11-22-24(18)19/h1-12,21H,13H2,(H2,20,25,26). The van der Waals surface area contributed by atoms with Gasteiger partial charge in [-0.25, -0.2) is 18.5 Å². The second-order valence-corrected chi connectivity index (χ2v) is 7.60. The zero-order valence-electron chi connectivity index (χ0n) is 14.3. The minimum absolute atomic E-state index is 0.0935. The molecule has 0 atom stereocenters. The molecule has 4 aromatic rings. The Kier molecular flexibility index (Phi) is 4.35. The van der Waals surface area contributed by atoms with Crippen molar-refractivity contribution in [2.75, 3.05) is 5.32 Å². The average molecular weight is 379 g/mol. The number of anilines is 1. The largest absolute Gasteiger partial charge is 0.366 e. The van der Waals surface area contributed by atoms with E-state index in [1.165, 1.54) is 12.1 Å². The minimum Gasteiger partial charge on any atom is -0.366 e. The number of benzene rings is 2. The molecule has 0 aliphatic heterocycles. The maximum Gasteiger partial charge on any atom is 0.238 e. The number of sulfonamides is 1. The van der Waals surface area contributed by atoms with Gasteiger partial charge in [0.2, 0.25) is 10.0 Å². The Morgan fingerprint density at radius 1 is 1.00 bits per heavy atom. The molecule has 0 fully saturated rings. The number of nitrogens with zero attached hydrogens (tertiary/aromatic N) is 3. The third-order valence-electron chi connectivity index (χ3n) is 4.15. The highest BCUT2D eigenvalue weighted by Crippen LogP contribution is 2.22. The van der Waals surface area contributed by atoms with Crippen LogP contribution in [0.2, 0.25) is 0 Å². The van der Waals surface area contributed by atoms with Crippen molar-refractivity contribution in [3.05, 3.63) is 78.5 Å². The predicted octanol–water partition coefficient (Wildman–Crippen LogP) is 2.66. The van der Waals surface area contributed by atoms with Crippen molar-refractivity contribution >= 4 is 21.5 Å². The van der Waals surface area contributed by atoms with Crippen LogP contribution in [-0.2, 0) is 16.6 Å². The van der Waals surface area contributed by atoms with Crippen LogP contribution < -0.4 is 10.5 Å². The molecule has 0 aliphatic carbocycles. The van der Waals surface area contributed by atoms with Crippen LogP contribution in [0, 0.1) is 0 Å². The second kappa shape index (κ2) is 6.82. The maximum atomic E-state index is 11.4. The molecule has 2 heterocycles. The van der Waals surface area contributed by atoms with E-state index in [9.17, 15) is 8.42 Å². The summed E-state index contributed by atoms with van der Waals surface area (Å²) in [6.07, 6.45) is 1.70. The van der Waals surface area contributed by atoms with Gasteiger partial charge in [-0.15, -0.1) is 0 Å². The van der Waals surface area contributed by atoms with Crippen LogP contribution in [0.5, 0.6) is 0 Å². The molecule has 0 unspecified atom stereocenters. The lowest BCUT2D eigenvalue weighted by Crippen LogP contribution is -2.12. The van der Waals surface area contributed by atoms with Gasteiger partial charge in [-0.05, 0) is 17.7 Å². The first-order valence-electron chi connectivity index (χ1n) is 8.26. The first-order chi connectivity index (χ1) is 13.0. The quantitative estimate of drug-likeness (QED) is 0.555. The van der Waals surface area contributed by atoms with Gasteiger partial charge < -0.3 is 5.32 Å². The van der Waals surface area contributed by atoms with Crippen molar-refractivity contribution in [3.8, 4) is 11.3 Å². The predicted molar refractivity (Wildman–Crippen MR) is 104 cm³/mol. The van der Waals surface area contributed by atoms with E-state index < -0.39 is 10.0 Å². The number of rotatable bonds is 5. The molecule has 0 radical (unpaired) electrons. The maximum absolute atomic E-state index is 11.4. The molecule has 0 bridgehead atoms. The Labute approximate surface area is 156 Å². The highest BCUT2D eigenvalue weighted by molar-refractivity contribution is 7.89. The molecule has 0 spiro atoms. The molecule has 2 aromatic heterocycles. The summed E-state index contributed by atoms with van der Waals surface area (Å²) in [6, 6.07) is 20.2. The minimum atomic E-state index is -3.69. The number of nitrogens with two attached hydrogens (primary N) is 1. The molecule has 7 nitrogen and oxygen atoms in total. The van der Waals surface area contributed by atoms with Gasteiger partial charge in [0, 0.05) is 24.2 Å². The van der Waals surface area contributed by atoms with E-state index in [0.717, 1.165) is 28.3 Å². The molecule has 136 valence electrons. The van der Waals surface area contributed by atoms with Gasteiger partial charge >= 0.3 is 0 Å². The molecule has 0 saturated carbocycles. The molecular weight excluding hydrogens is 362 g/mol. The lowest BCUT2D eigenvalue weighted by Gasteiger charge is -2.11. The first kappa shape index (κ1) is 17.2. The Balaban J connectivity index is 1.63. The lowest BCUT2D eigenvalue weighted by atomic mass is 10.1. The molecule has 8 heteroatoms. The molecule has 3 N–H and O–H groups in total. The summed E-state index contributed by atoms with van der Waals surface area (Å²) in [5, 5.41) is 12.8. The van der Waals surface area contributed by atoms with Crippen LogP contribution in [0.15, 0.2) is 77.8 Å². The Hall–Kier alpha value is -3.23. The summed E-state index contributed by atoms with van der Waals surface area (Å²) >= 11 is 0. The zero-order valence-corrected chi connectivity index (χ0v) is 15.1. The third kappa shape index (κ3) is 3.67. The topological polar surface area (TPSA) is 102 Å². The van der Waals surface area contributed by atoms with Gasteiger partial charge in [0.15, 0.2) is 5.65 Å². The second-order valence-electron chi connectivity index (χ2n) is 6.04. The third-order valence-corrected chi connectivity index (χ3v) is 5.08. The van der Waals surface area contributed by atoms with Gasteiger partial charge in [0.1, 0.15) is 5.82 Å². The number of fused-ring (bicyclic) bond motifs is 1. The molecule has 2 aromatic carbocycles. The van der Waals surface area contributed by atoms with E-state index in [0.29, 0.717) is 6.54 Å². The van der Waals surface area contributed by atoms with Gasteiger partial charge in [0.25, 0.3) is 0 Å². The highest BCUT2D eigenvalue weighted by Gasteiger charge is 2.09. The van der Waals surface area contributed by atoms with Gasteiger partial charge in [-0.2, -0.15) is 9.61 Å². The number of hydrogen-bond acceptors (Lipinski definition) is 5. The highest BCUT2D eigenvalue weighted by atomic mass is 32.2. The zero-order chi connectivity index (χ0) is 18.9. The molecule has 0 saturated heterocycles. The first-order valence-corrected chi connectivity index (χ1v) is 9.81. The molecule has 0 aliphatic rings. The lowest BCUT2D eigenvalue weighted by molar-refractivity contribution is 0.598. The smallest absolute Gasteiger partial charge is 0.238 e. The fourth-order valence-corrected chi connectivity index (χ4v) is 3.30. The van der Waals surface area contributed by atoms with Crippen LogP contribution in [0.1, 0.15) is 5.56 Å². The van der Waals surface area contributed by atoms with E-state index in [2.05, 4.69) is 15.4 Å². The van der Waals surface area contributed by atoms with Gasteiger partial charge in [0.05, 0.1) is 16.8 Å². The van der Waals surface area contributed by atoms with Crippen molar-refractivity contribution < 1.29 is 8.42 Å². The van der Waals surface area contributed by atoms with E-state index in [-0.39, 0.29) is 4.90 Å². The van der Waals surface area contributed by atoms with E-state index in [1.807, 2.05) is 42.5 Å². The summed E-state index contributed by atoms with van der Waals surface area (Å²) < 4.78 is 24.4. The van der Waals surface area contributed by atoms with E-state index >= 15 is 0 Å². The fraction of sp³-hybridized carbons (Fsp3) is 0.0526.